The van der Waals surface area contributed by atoms with E-state index in [2.05, 4.69) is 11.6 Å². The van der Waals surface area contributed by atoms with Gasteiger partial charge in [0.2, 0.25) is 0 Å². The third kappa shape index (κ3) is 3.73. The van der Waals surface area contributed by atoms with Crippen LogP contribution in [0.15, 0.2) is 18.2 Å². The fraction of sp³-hybridized carbons (Fsp3) is 0.533. The maximum absolute atomic E-state index is 13.7. The van der Waals surface area contributed by atoms with E-state index in [1.807, 2.05) is 11.8 Å². The van der Waals surface area contributed by atoms with Crippen molar-refractivity contribution in [1.82, 2.24) is 5.32 Å². The Balaban J connectivity index is 2.02. The number of halogens is 1. The summed E-state index contributed by atoms with van der Waals surface area (Å²) in [6.45, 7) is 0.384. The summed E-state index contributed by atoms with van der Waals surface area (Å²) < 4.78 is 13.7. The molecule has 1 fully saturated rings. The van der Waals surface area contributed by atoms with Crippen molar-refractivity contribution in [3.8, 4) is 0 Å². The second-order valence-corrected chi connectivity index (χ2v) is 6.23. The molecule has 0 bridgehead atoms. The van der Waals surface area contributed by atoms with Crippen LogP contribution in [0.2, 0.25) is 0 Å². The number of nitrogens with one attached hydrogen (secondary N) is 1. The highest BCUT2D eigenvalue weighted by atomic mass is 32.2. The maximum Gasteiger partial charge on any atom is 0.335 e. The molecular weight excluding hydrogens is 277 g/mol. The van der Waals surface area contributed by atoms with Crippen molar-refractivity contribution in [2.45, 2.75) is 43.5 Å². The van der Waals surface area contributed by atoms with Gasteiger partial charge in [-0.3, -0.25) is 0 Å². The Kier molecular flexibility index (Phi) is 5.43. The molecule has 0 aliphatic heterocycles. The molecule has 5 heteroatoms. The van der Waals surface area contributed by atoms with E-state index in [1.54, 1.807) is 0 Å². The number of hydrogen-bond acceptors (Lipinski definition) is 3. The average molecular weight is 297 g/mol. The lowest BCUT2D eigenvalue weighted by atomic mass is 9.94. The first-order valence-corrected chi connectivity index (χ1v) is 8.18. The molecule has 1 aliphatic carbocycles. The van der Waals surface area contributed by atoms with Crippen LogP contribution in [0.3, 0.4) is 0 Å². The van der Waals surface area contributed by atoms with E-state index >= 15 is 0 Å². The standard InChI is InChI=1S/C15H20FNO2S/c1-20-14-5-3-2-4-13(14)17-9-11-8-10(15(18)19)6-7-12(11)16/h6-8,13-14,17H,2-5,9H2,1H3,(H,18,19). The SMILES string of the molecule is CSC1CCCCC1NCc1cc(C(=O)O)ccc1F. The average Bonchev–Trinajstić information content (AvgIpc) is 2.46. The lowest BCUT2D eigenvalue weighted by molar-refractivity contribution is 0.0696. The smallest absolute Gasteiger partial charge is 0.335 e. The van der Waals surface area contributed by atoms with Gasteiger partial charge in [-0.2, -0.15) is 11.8 Å². The van der Waals surface area contributed by atoms with Crippen LogP contribution in [-0.4, -0.2) is 28.6 Å². The van der Waals surface area contributed by atoms with E-state index in [0.717, 1.165) is 6.42 Å². The molecule has 2 N–H and O–H groups in total. The number of hydrogen-bond donors (Lipinski definition) is 2. The monoisotopic (exact) mass is 297 g/mol. The summed E-state index contributed by atoms with van der Waals surface area (Å²) >= 11 is 1.85. The minimum absolute atomic E-state index is 0.133. The van der Waals surface area contributed by atoms with E-state index in [4.69, 9.17) is 5.11 Å². The van der Waals surface area contributed by atoms with Crippen LogP contribution >= 0.6 is 11.8 Å². The van der Waals surface area contributed by atoms with Crippen molar-refractivity contribution in [3.63, 3.8) is 0 Å². The van der Waals surface area contributed by atoms with Crippen molar-refractivity contribution in [2.75, 3.05) is 6.26 Å². The molecular formula is C15H20FNO2S. The van der Waals surface area contributed by atoms with Crippen LogP contribution in [0.4, 0.5) is 4.39 Å². The summed E-state index contributed by atoms with van der Waals surface area (Å²) in [6, 6.07) is 4.33. The Morgan fingerprint density at radius 2 is 2.20 bits per heavy atom. The third-order valence-electron chi connectivity index (χ3n) is 3.85. The molecule has 0 aromatic heterocycles. The molecule has 2 atom stereocenters. The molecule has 1 aromatic rings. The molecule has 2 rings (SSSR count). The van der Waals surface area contributed by atoms with Gasteiger partial charge < -0.3 is 10.4 Å². The van der Waals surface area contributed by atoms with E-state index in [1.165, 1.54) is 37.5 Å². The number of rotatable bonds is 5. The summed E-state index contributed by atoms with van der Waals surface area (Å²) in [7, 11) is 0. The maximum atomic E-state index is 13.7. The normalized spacial score (nSPS) is 22.7. The minimum atomic E-state index is -1.02. The summed E-state index contributed by atoms with van der Waals surface area (Å²) in [5.74, 6) is -1.37. The topological polar surface area (TPSA) is 49.3 Å². The highest BCUT2D eigenvalue weighted by Crippen LogP contribution is 2.27. The van der Waals surface area contributed by atoms with Gasteiger partial charge in [0.05, 0.1) is 5.56 Å². The number of carboxylic acid groups (broad SMARTS) is 1. The van der Waals surface area contributed by atoms with Gasteiger partial charge in [-0.25, -0.2) is 9.18 Å². The first kappa shape index (κ1) is 15.3. The molecule has 20 heavy (non-hydrogen) atoms. The highest BCUT2D eigenvalue weighted by molar-refractivity contribution is 7.99. The van der Waals surface area contributed by atoms with Crippen molar-refractivity contribution < 1.29 is 14.3 Å². The second-order valence-electron chi connectivity index (χ2n) is 5.16. The minimum Gasteiger partial charge on any atom is -0.478 e. The van der Waals surface area contributed by atoms with Crippen LogP contribution in [0.25, 0.3) is 0 Å². The van der Waals surface area contributed by atoms with Crippen molar-refractivity contribution >= 4 is 17.7 Å². The highest BCUT2D eigenvalue weighted by Gasteiger charge is 2.24. The van der Waals surface area contributed by atoms with Gasteiger partial charge in [-0.05, 0) is 37.3 Å². The molecule has 110 valence electrons. The molecule has 1 aliphatic rings. The molecule has 0 saturated heterocycles. The Morgan fingerprint density at radius 3 is 2.90 bits per heavy atom. The lowest BCUT2D eigenvalue weighted by Gasteiger charge is -2.31. The quantitative estimate of drug-likeness (QED) is 0.875. The van der Waals surface area contributed by atoms with Crippen molar-refractivity contribution in [1.29, 1.82) is 0 Å². The van der Waals surface area contributed by atoms with Crippen molar-refractivity contribution in [3.05, 3.63) is 35.1 Å². The largest absolute Gasteiger partial charge is 0.478 e. The van der Waals surface area contributed by atoms with Gasteiger partial charge in [0.1, 0.15) is 5.82 Å². The molecule has 1 aromatic carbocycles. The molecule has 0 spiro atoms. The van der Waals surface area contributed by atoms with Gasteiger partial charge >= 0.3 is 5.97 Å². The number of aromatic carboxylic acids is 1. The first-order chi connectivity index (χ1) is 9.61. The van der Waals surface area contributed by atoms with Crippen molar-refractivity contribution in [2.24, 2.45) is 0 Å². The molecule has 0 radical (unpaired) electrons. The molecule has 1 saturated carbocycles. The molecule has 3 nitrogen and oxygen atoms in total. The van der Waals surface area contributed by atoms with Gasteiger partial charge in [0.15, 0.2) is 0 Å². The molecule has 2 unspecified atom stereocenters. The van der Waals surface area contributed by atoms with Crippen LogP contribution in [0, 0.1) is 5.82 Å². The van der Waals surface area contributed by atoms with Gasteiger partial charge in [-0.15, -0.1) is 0 Å². The number of thioether (sulfide) groups is 1. The number of carboxylic acids is 1. The molecule has 0 amide bonds. The summed E-state index contributed by atoms with van der Waals surface area (Å²) in [5, 5.41) is 12.9. The Labute approximate surface area is 123 Å². The third-order valence-corrected chi connectivity index (χ3v) is 5.02. The van der Waals surface area contributed by atoms with Crippen LogP contribution in [0.1, 0.15) is 41.6 Å². The zero-order chi connectivity index (χ0) is 14.5. The number of carbonyl (C=O) groups is 1. The van der Waals surface area contributed by atoms with E-state index in [0.29, 0.717) is 23.4 Å². The number of benzene rings is 1. The zero-order valence-corrected chi connectivity index (χ0v) is 12.4. The summed E-state index contributed by atoms with van der Waals surface area (Å²) in [6.07, 6.45) is 6.86. The van der Waals surface area contributed by atoms with Gasteiger partial charge in [0.25, 0.3) is 0 Å². The predicted octanol–water partition coefficient (Wildman–Crippen LogP) is 3.29. The zero-order valence-electron chi connectivity index (χ0n) is 11.6. The van der Waals surface area contributed by atoms with E-state index in [-0.39, 0.29) is 11.4 Å². The second kappa shape index (κ2) is 7.09. The van der Waals surface area contributed by atoms with Gasteiger partial charge in [0, 0.05) is 23.4 Å². The summed E-state index contributed by atoms with van der Waals surface area (Å²) in [4.78, 5) is 10.9. The Hall–Kier alpha value is -1.07. The lowest BCUT2D eigenvalue weighted by Crippen LogP contribution is -2.40. The van der Waals surface area contributed by atoms with Crippen LogP contribution in [-0.2, 0) is 6.54 Å². The van der Waals surface area contributed by atoms with Crippen LogP contribution in [0.5, 0.6) is 0 Å². The molecule has 0 heterocycles. The predicted molar refractivity (Wildman–Crippen MR) is 79.8 cm³/mol. The van der Waals surface area contributed by atoms with Gasteiger partial charge in [-0.1, -0.05) is 12.8 Å². The summed E-state index contributed by atoms with van der Waals surface area (Å²) in [5.41, 5.74) is 0.559. The van der Waals surface area contributed by atoms with E-state index in [9.17, 15) is 9.18 Å². The fourth-order valence-electron chi connectivity index (χ4n) is 2.70. The first-order valence-electron chi connectivity index (χ1n) is 6.89. The Bertz CT molecular complexity index is 481. The fourth-order valence-corrected chi connectivity index (χ4v) is 3.66. The Morgan fingerprint density at radius 1 is 1.45 bits per heavy atom. The van der Waals surface area contributed by atoms with Crippen LogP contribution < -0.4 is 5.32 Å². The van der Waals surface area contributed by atoms with E-state index < -0.39 is 5.97 Å².